The van der Waals surface area contributed by atoms with Crippen LogP contribution in [0.25, 0.3) is 0 Å². The third kappa shape index (κ3) is 5.59. The van der Waals surface area contributed by atoms with Crippen LogP contribution in [-0.2, 0) is 0 Å². The zero-order valence-corrected chi connectivity index (χ0v) is 16.8. The maximum absolute atomic E-state index is 13.4. The summed E-state index contributed by atoms with van der Waals surface area (Å²) in [5, 5.41) is 0.272. The molecule has 2 aliphatic rings. The summed E-state index contributed by atoms with van der Waals surface area (Å²) in [4.78, 5) is 0. The van der Waals surface area contributed by atoms with E-state index in [-0.39, 0.29) is 10.8 Å². The van der Waals surface area contributed by atoms with Crippen LogP contribution in [0.15, 0.2) is 30.9 Å². The van der Waals surface area contributed by atoms with Crippen LogP contribution in [-0.4, -0.2) is 0 Å². The summed E-state index contributed by atoms with van der Waals surface area (Å²) in [5.74, 6) is 3.11. The van der Waals surface area contributed by atoms with Gasteiger partial charge >= 0.3 is 0 Å². The van der Waals surface area contributed by atoms with Crippen LogP contribution in [0.1, 0.15) is 88.5 Å². The molecule has 2 saturated carbocycles. The van der Waals surface area contributed by atoms with E-state index < -0.39 is 0 Å². The fourth-order valence-corrected chi connectivity index (χ4v) is 5.37. The molecule has 0 unspecified atom stereocenters. The number of allylic oxidation sites excluding steroid dienone is 1. The predicted molar refractivity (Wildman–Crippen MR) is 110 cm³/mol. The Hall–Kier alpha value is -0.820. The molecule has 2 aliphatic carbocycles. The fraction of sp³-hybridized carbons (Fsp3) is 0.667. The Labute approximate surface area is 164 Å². The van der Waals surface area contributed by atoms with Gasteiger partial charge in [-0.3, -0.25) is 0 Å². The summed E-state index contributed by atoms with van der Waals surface area (Å²) >= 11 is 5.96. The van der Waals surface area contributed by atoms with Gasteiger partial charge in [-0.05, 0) is 79.9 Å². The second-order valence-corrected chi connectivity index (χ2v) is 9.13. The van der Waals surface area contributed by atoms with Gasteiger partial charge in [-0.2, -0.15) is 0 Å². The van der Waals surface area contributed by atoms with Crippen LogP contribution >= 0.6 is 11.6 Å². The molecule has 1 aromatic carbocycles. The lowest BCUT2D eigenvalue weighted by Gasteiger charge is -2.32. The molecule has 0 atom stereocenters. The van der Waals surface area contributed by atoms with Crippen molar-refractivity contribution in [3.05, 3.63) is 47.3 Å². The van der Waals surface area contributed by atoms with Crippen molar-refractivity contribution in [1.29, 1.82) is 0 Å². The van der Waals surface area contributed by atoms with Crippen LogP contribution in [0.3, 0.4) is 0 Å². The summed E-state index contributed by atoms with van der Waals surface area (Å²) in [6.45, 7) is 3.85. The van der Waals surface area contributed by atoms with Gasteiger partial charge in [0.25, 0.3) is 0 Å². The monoisotopic (exact) mass is 376 g/mol. The van der Waals surface area contributed by atoms with E-state index in [2.05, 4.69) is 12.7 Å². The Kier molecular flexibility index (Phi) is 7.61. The minimum Gasteiger partial charge on any atom is -0.205 e. The van der Waals surface area contributed by atoms with Gasteiger partial charge in [0.15, 0.2) is 0 Å². The average molecular weight is 377 g/mol. The third-order valence-corrected chi connectivity index (χ3v) is 7.28. The maximum Gasteiger partial charge on any atom is 0.141 e. The second kappa shape index (κ2) is 9.93. The molecule has 0 amide bonds. The van der Waals surface area contributed by atoms with E-state index in [1.54, 1.807) is 0 Å². The van der Waals surface area contributed by atoms with Gasteiger partial charge in [-0.15, -0.1) is 6.58 Å². The first-order chi connectivity index (χ1) is 12.7. The minimum absolute atomic E-state index is 0.272. The molecule has 2 heteroatoms. The van der Waals surface area contributed by atoms with Crippen molar-refractivity contribution in [3.8, 4) is 0 Å². The topological polar surface area (TPSA) is 0 Å². The zero-order chi connectivity index (χ0) is 18.4. The SMILES string of the molecule is C=CCC[C@H]1CC[C@H](CCC2CCC(c3ccc(F)c(Cl)c3)CC2)CC1. The summed E-state index contributed by atoms with van der Waals surface area (Å²) in [7, 11) is 0. The van der Waals surface area contributed by atoms with Gasteiger partial charge < -0.3 is 0 Å². The summed E-state index contributed by atoms with van der Waals surface area (Å²) in [6, 6.07) is 5.29. The van der Waals surface area contributed by atoms with Crippen LogP contribution in [0.4, 0.5) is 4.39 Å². The van der Waals surface area contributed by atoms with Crippen molar-refractivity contribution in [3.63, 3.8) is 0 Å². The standard InChI is InChI=1S/C24H34ClF/c1-2-3-4-18-5-7-19(8-6-18)9-10-20-11-13-21(14-12-20)22-15-16-24(26)23(25)17-22/h2,15-21H,1,3-14H2/t18-,19-,20?,21?. The highest BCUT2D eigenvalue weighted by Crippen LogP contribution is 2.40. The third-order valence-electron chi connectivity index (χ3n) is 6.99. The normalized spacial score (nSPS) is 29.5. The molecule has 0 aromatic heterocycles. The van der Waals surface area contributed by atoms with E-state index in [0.717, 1.165) is 17.8 Å². The summed E-state index contributed by atoms with van der Waals surface area (Å²) < 4.78 is 13.4. The van der Waals surface area contributed by atoms with Gasteiger partial charge in [-0.25, -0.2) is 4.39 Å². The highest BCUT2D eigenvalue weighted by Gasteiger charge is 2.25. The molecule has 144 valence electrons. The lowest BCUT2D eigenvalue weighted by Crippen LogP contribution is -2.17. The van der Waals surface area contributed by atoms with Crippen molar-refractivity contribution in [1.82, 2.24) is 0 Å². The van der Waals surface area contributed by atoms with E-state index in [1.165, 1.54) is 88.7 Å². The maximum atomic E-state index is 13.4. The Morgan fingerprint density at radius 1 is 0.885 bits per heavy atom. The Balaban J connectivity index is 1.35. The molecule has 0 aliphatic heterocycles. The molecular weight excluding hydrogens is 343 g/mol. The molecule has 2 fully saturated rings. The zero-order valence-electron chi connectivity index (χ0n) is 16.1. The molecule has 26 heavy (non-hydrogen) atoms. The van der Waals surface area contributed by atoms with Gasteiger partial charge in [0.2, 0.25) is 0 Å². The number of hydrogen-bond acceptors (Lipinski definition) is 0. The lowest BCUT2D eigenvalue weighted by atomic mass is 9.74. The predicted octanol–water partition coefficient (Wildman–Crippen LogP) is 8.31. The van der Waals surface area contributed by atoms with Crippen molar-refractivity contribution in [2.24, 2.45) is 17.8 Å². The van der Waals surface area contributed by atoms with Gasteiger partial charge in [0.05, 0.1) is 5.02 Å². The quantitative estimate of drug-likeness (QED) is 0.419. The molecule has 0 spiro atoms. The van der Waals surface area contributed by atoms with Crippen molar-refractivity contribution in [2.75, 3.05) is 0 Å². The molecule has 0 N–H and O–H groups in total. The van der Waals surface area contributed by atoms with Gasteiger partial charge in [0, 0.05) is 0 Å². The van der Waals surface area contributed by atoms with Crippen molar-refractivity contribution >= 4 is 11.6 Å². The van der Waals surface area contributed by atoms with Crippen LogP contribution in [0.2, 0.25) is 5.02 Å². The van der Waals surface area contributed by atoms with E-state index in [4.69, 9.17) is 11.6 Å². The molecule has 0 nitrogen and oxygen atoms in total. The molecular formula is C24H34ClF. The Morgan fingerprint density at radius 2 is 1.42 bits per heavy atom. The molecule has 0 heterocycles. The largest absolute Gasteiger partial charge is 0.205 e. The molecule has 0 bridgehead atoms. The number of rotatable bonds is 7. The van der Waals surface area contributed by atoms with Gasteiger partial charge in [-0.1, -0.05) is 62.3 Å². The van der Waals surface area contributed by atoms with E-state index >= 15 is 0 Å². The smallest absolute Gasteiger partial charge is 0.141 e. The summed E-state index contributed by atoms with van der Waals surface area (Å²) in [5.41, 5.74) is 1.23. The van der Waals surface area contributed by atoms with Gasteiger partial charge in [0.1, 0.15) is 5.82 Å². The van der Waals surface area contributed by atoms with E-state index in [1.807, 2.05) is 12.1 Å². The minimum atomic E-state index is -0.302. The fourth-order valence-electron chi connectivity index (χ4n) is 5.18. The Bertz CT molecular complexity index is 566. The lowest BCUT2D eigenvalue weighted by molar-refractivity contribution is 0.225. The number of halogens is 2. The van der Waals surface area contributed by atoms with Crippen LogP contribution in [0, 0.1) is 23.6 Å². The summed E-state index contributed by atoms with van der Waals surface area (Å²) in [6.07, 6.45) is 18.4. The first-order valence-corrected chi connectivity index (χ1v) is 11.1. The van der Waals surface area contributed by atoms with Crippen LogP contribution < -0.4 is 0 Å². The number of benzene rings is 1. The van der Waals surface area contributed by atoms with E-state index in [9.17, 15) is 4.39 Å². The van der Waals surface area contributed by atoms with E-state index in [0.29, 0.717) is 5.92 Å². The Morgan fingerprint density at radius 3 is 1.96 bits per heavy atom. The molecule has 0 saturated heterocycles. The highest BCUT2D eigenvalue weighted by atomic mass is 35.5. The van der Waals surface area contributed by atoms with Crippen molar-refractivity contribution in [2.45, 2.75) is 83.0 Å². The molecule has 1 aromatic rings. The second-order valence-electron chi connectivity index (χ2n) is 8.72. The average Bonchev–Trinajstić information content (AvgIpc) is 2.68. The molecule has 0 radical (unpaired) electrons. The first-order valence-electron chi connectivity index (χ1n) is 10.7. The van der Waals surface area contributed by atoms with Crippen molar-refractivity contribution < 1.29 is 4.39 Å². The highest BCUT2D eigenvalue weighted by molar-refractivity contribution is 6.30. The first kappa shape index (κ1) is 19.9. The molecule has 3 rings (SSSR count). The number of hydrogen-bond donors (Lipinski definition) is 0. The van der Waals surface area contributed by atoms with Crippen LogP contribution in [0.5, 0.6) is 0 Å².